The van der Waals surface area contributed by atoms with E-state index in [0.717, 1.165) is 11.3 Å². The van der Waals surface area contributed by atoms with Crippen LogP contribution in [0.25, 0.3) is 0 Å². The third-order valence-electron chi connectivity index (χ3n) is 3.27. The molecular formula is C14H19ClN2O3. The lowest BCUT2D eigenvalue weighted by Crippen LogP contribution is -2.46. The van der Waals surface area contributed by atoms with Crippen LogP contribution in [0, 0.1) is 6.92 Å². The molecule has 1 aliphatic rings. The van der Waals surface area contributed by atoms with Crippen LogP contribution in [0.4, 0.5) is 5.69 Å². The molecule has 0 radical (unpaired) electrons. The molecule has 1 aromatic rings. The van der Waals surface area contributed by atoms with Crippen molar-refractivity contribution >= 4 is 23.2 Å². The monoisotopic (exact) mass is 298 g/mol. The van der Waals surface area contributed by atoms with E-state index in [1.54, 1.807) is 12.1 Å². The quantitative estimate of drug-likeness (QED) is 0.879. The second kappa shape index (κ2) is 7.04. The predicted molar refractivity (Wildman–Crippen MR) is 78.1 cm³/mol. The second-order valence-corrected chi connectivity index (χ2v) is 5.35. The van der Waals surface area contributed by atoms with Crippen molar-refractivity contribution in [2.45, 2.75) is 13.0 Å². The number of hydrogen-bond donors (Lipinski definition) is 2. The molecule has 2 N–H and O–H groups in total. The minimum Gasteiger partial charge on any atom is -0.394 e. The molecule has 5 nitrogen and oxygen atoms in total. The summed E-state index contributed by atoms with van der Waals surface area (Å²) in [7, 11) is 0. The van der Waals surface area contributed by atoms with E-state index in [9.17, 15) is 4.79 Å². The first kappa shape index (κ1) is 15.3. The maximum Gasteiger partial charge on any atom is 0.238 e. The van der Waals surface area contributed by atoms with Gasteiger partial charge in [-0.25, -0.2) is 0 Å². The van der Waals surface area contributed by atoms with Crippen LogP contribution in [0.3, 0.4) is 0 Å². The Bertz CT molecular complexity index is 481. The van der Waals surface area contributed by atoms with E-state index < -0.39 is 0 Å². The number of morpholine rings is 1. The number of carbonyl (C=O) groups is 1. The van der Waals surface area contributed by atoms with Gasteiger partial charge >= 0.3 is 0 Å². The molecule has 1 amide bonds. The molecule has 1 saturated heterocycles. The predicted octanol–water partition coefficient (Wildman–Crippen LogP) is 1.28. The first-order valence-corrected chi connectivity index (χ1v) is 6.97. The number of benzene rings is 1. The summed E-state index contributed by atoms with van der Waals surface area (Å²) in [5.41, 5.74) is 1.70. The van der Waals surface area contributed by atoms with Gasteiger partial charge in [-0.2, -0.15) is 0 Å². The third-order valence-corrected chi connectivity index (χ3v) is 3.50. The molecule has 1 atom stereocenters. The summed E-state index contributed by atoms with van der Waals surface area (Å²) in [6, 6.07) is 5.40. The second-order valence-electron chi connectivity index (χ2n) is 4.92. The zero-order valence-electron chi connectivity index (χ0n) is 11.4. The molecule has 1 unspecified atom stereocenters. The number of ether oxygens (including phenoxy) is 1. The highest BCUT2D eigenvalue weighted by Gasteiger charge is 2.21. The average Bonchev–Trinajstić information content (AvgIpc) is 2.43. The van der Waals surface area contributed by atoms with E-state index in [1.807, 2.05) is 17.9 Å². The van der Waals surface area contributed by atoms with Crippen molar-refractivity contribution in [1.82, 2.24) is 4.90 Å². The van der Waals surface area contributed by atoms with Gasteiger partial charge in [0.15, 0.2) is 0 Å². The van der Waals surface area contributed by atoms with Gasteiger partial charge in [-0.15, -0.1) is 0 Å². The van der Waals surface area contributed by atoms with Crippen molar-refractivity contribution in [3.63, 3.8) is 0 Å². The molecule has 2 rings (SSSR count). The molecule has 0 saturated carbocycles. The van der Waals surface area contributed by atoms with E-state index in [-0.39, 0.29) is 25.2 Å². The van der Waals surface area contributed by atoms with Gasteiger partial charge in [-0.05, 0) is 24.6 Å². The van der Waals surface area contributed by atoms with Crippen LogP contribution in [0.15, 0.2) is 18.2 Å². The fourth-order valence-corrected chi connectivity index (χ4v) is 2.33. The van der Waals surface area contributed by atoms with Crippen LogP contribution < -0.4 is 5.32 Å². The number of hydrogen-bond acceptors (Lipinski definition) is 4. The van der Waals surface area contributed by atoms with Gasteiger partial charge in [0.05, 0.1) is 25.9 Å². The van der Waals surface area contributed by atoms with Crippen molar-refractivity contribution in [1.29, 1.82) is 0 Å². The summed E-state index contributed by atoms with van der Waals surface area (Å²) in [5, 5.41) is 12.5. The van der Waals surface area contributed by atoms with E-state index in [2.05, 4.69) is 5.32 Å². The number of rotatable bonds is 4. The van der Waals surface area contributed by atoms with Gasteiger partial charge in [0.1, 0.15) is 0 Å². The summed E-state index contributed by atoms with van der Waals surface area (Å²) in [4.78, 5) is 14.0. The SMILES string of the molecule is Cc1ccc(Cl)cc1NC(=O)CN1CCOC(CO)C1. The number of halogens is 1. The summed E-state index contributed by atoms with van der Waals surface area (Å²) in [6.45, 7) is 3.98. The van der Waals surface area contributed by atoms with E-state index in [1.165, 1.54) is 0 Å². The molecule has 0 aromatic heterocycles. The first-order valence-electron chi connectivity index (χ1n) is 6.59. The van der Waals surface area contributed by atoms with Crippen LogP contribution in [-0.4, -0.2) is 54.9 Å². The van der Waals surface area contributed by atoms with Gasteiger partial charge in [-0.3, -0.25) is 9.69 Å². The lowest BCUT2D eigenvalue weighted by atomic mass is 10.2. The van der Waals surface area contributed by atoms with Crippen LogP contribution in [0.1, 0.15) is 5.56 Å². The van der Waals surface area contributed by atoms with Crippen molar-refractivity contribution in [2.24, 2.45) is 0 Å². The molecule has 1 aromatic carbocycles. The van der Waals surface area contributed by atoms with Crippen LogP contribution in [0.5, 0.6) is 0 Å². The fraction of sp³-hybridized carbons (Fsp3) is 0.500. The Morgan fingerprint density at radius 3 is 3.15 bits per heavy atom. The standard InChI is InChI=1S/C14H19ClN2O3/c1-10-2-3-11(15)6-13(10)16-14(19)8-17-4-5-20-12(7-17)9-18/h2-3,6,12,18H,4-5,7-9H2,1H3,(H,16,19). The lowest BCUT2D eigenvalue weighted by Gasteiger charge is -2.31. The molecule has 6 heteroatoms. The largest absolute Gasteiger partial charge is 0.394 e. The Hall–Kier alpha value is -1.14. The maximum atomic E-state index is 12.0. The van der Waals surface area contributed by atoms with Gasteiger partial charge in [0.25, 0.3) is 0 Å². The number of amides is 1. The molecule has 1 aliphatic heterocycles. The molecular weight excluding hydrogens is 280 g/mol. The first-order chi connectivity index (χ1) is 9.58. The number of anilines is 1. The normalized spacial score (nSPS) is 19.9. The highest BCUT2D eigenvalue weighted by Crippen LogP contribution is 2.20. The molecule has 1 heterocycles. The highest BCUT2D eigenvalue weighted by atomic mass is 35.5. The Labute approximate surface area is 123 Å². The molecule has 20 heavy (non-hydrogen) atoms. The zero-order valence-corrected chi connectivity index (χ0v) is 12.2. The Morgan fingerprint density at radius 2 is 2.40 bits per heavy atom. The fourth-order valence-electron chi connectivity index (χ4n) is 2.16. The molecule has 110 valence electrons. The Morgan fingerprint density at radius 1 is 1.60 bits per heavy atom. The third kappa shape index (κ3) is 4.18. The highest BCUT2D eigenvalue weighted by molar-refractivity contribution is 6.31. The van der Waals surface area contributed by atoms with Gasteiger partial charge in [-0.1, -0.05) is 17.7 Å². The van der Waals surface area contributed by atoms with E-state index in [0.29, 0.717) is 24.7 Å². The molecule has 0 aliphatic carbocycles. The topological polar surface area (TPSA) is 61.8 Å². The smallest absolute Gasteiger partial charge is 0.238 e. The summed E-state index contributed by atoms with van der Waals surface area (Å²) in [6.07, 6.45) is -0.204. The van der Waals surface area contributed by atoms with Gasteiger partial charge < -0.3 is 15.2 Å². The minimum atomic E-state index is -0.204. The summed E-state index contributed by atoms with van der Waals surface area (Å²) < 4.78 is 5.35. The summed E-state index contributed by atoms with van der Waals surface area (Å²) in [5.74, 6) is -0.0889. The minimum absolute atomic E-state index is 0.0223. The maximum absolute atomic E-state index is 12.0. The van der Waals surface area contributed by atoms with Gasteiger partial charge in [0, 0.05) is 23.8 Å². The van der Waals surface area contributed by atoms with Crippen LogP contribution in [0.2, 0.25) is 5.02 Å². The van der Waals surface area contributed by atoms with E-state index >= 15 is 0 Å². The number of aliphatic hydroxyl groups is 1. The lowest BCUT2D eigenvalue weighted by molar-refractivity contribution is -0.120. The van der Waals surface area contributed by atoms with Crippen molar-refractivity contribution in [3.05, 3.63) is 28.8 Å². The Kier molecular flexibility index (Phi) is 5.37. The molecule has 0 spiro atoms. The number of carbonyl (C=O) groups excluding carboxylic acids is 1. The van der Waals surface area contributed by atoms with Crippen LogP contribution >= 0.6 is 11.6 Å². The summed E-state index contributed by atoms with van der Waals surface area (Å²) >= 11 is 5.92. The van der Waals surface area contributed by atoms with Crippen LogP contribution in [-0.2, 0) is 9.53 Å². The van der Waals surface area contributed by atoms with Crippen molar-refractivity contribution < 1.29 is 14.6 Å². The number of aryl methyl sites for hydroxylation is 1. The van der Waals surface area contributed by atoms with E-state index in [4.69, 9.17) is 21.4 Å². The zero-order chi connectivity index (χ0) is 14.5. The Balaban J connectivity index is 1.90. The number of aliphatic hydroxyl groups excluding tert-OH is 1. The number of nitrogens with one attached hydrogen (secondary N) is 1. The average molecular weight is 299 g/mol. The van der Waals surface area contributed by atoms with Crippen molar-refractivity contribution in [3.8, 4) is 0 Å². The van der Waals surface area contributed by atoms with Crippen molar-refractivity contribution in [2.75, 3.05) is 38.2 Å². The number of nitrogens with zero attached hydrogens (tertiary/aromatic N) is 1. The van der Waals surface area contributed by atoms with Gasteiger partial charge in [0.2, 0.25) is 5.91 Å². The molecule has 1 fully saturated rings. The molecule has 0 bridgehead atoms.